The van der Waals surface area contributed by atoms with Gasteiger partial charge in [-0.25, -0.2) is 0 Å². The molecule has 2 N–H and O–H groups in total. The Hall–Kier alpha value is -1.83. The molecule has 3 rings (SSSR count). The van der Waals surface area contributed by atoms with E-state index < -0.39 is 0 Å². The van der Waals surface area contributed by atoms with Crippen molar-refractivity contribution in [2.45, 2.75) is 31.7 Å². The maximum absolute atomic E-state index is 5.66. The van der Waals surface area contributed by atoms with Crippen molar-refractivity contribution in [3.63, 3.8) is 0 Å². The van der Waals surface area contributed by atoms with E-state index in [1.807, 2.05) is 13.1 Å². The quantitative estimate of drug-likeness (QED) is 0.355. The molecule has 0 radical (unpaired) electrons. The van der Waals surface area contributed by atoms with Gasteiger partial charge < -0.3 is 25.2 Å². The standard InChI is InChI=1S/C24H42N6O/c1-25-24(26-12-8-14-29-15-9-13-28(2)18-19-29)27-20-22(30-16-6-7-17-30)21-10-4-5-11-23(21)31-3/h4-5,10-11,22H,6-9,12-20H2,1-3H3,(H2,25,26,27). The molecule has 2 aliphatic rings. The predicted molar refractivity (Wildman–Crippen MR) is 129 cm³/mol. The van der Waals surface area contributed by atoms with E-state index in [-0.39, 0.29) is 6.04 Å². The average Bonchev–Trinajstić information content (AvgIpc) is 3.25. The molecule has 1 atom stereocenters. The lowest BCUT2D eigenvalue weighted by atomic mass is 10.0. The molecule has 2 aliphatic heterocycles. The number of nitrogens with one attached hydrogen (secondary N) is 2. The third-order valence-electron chi connectivity index (χ3n) is 6.52. The number of methoxy groups -OCH3 is 1. The van der Waals surface area contributed by atoms with E-state index in [2.05, 4.69) is 55.6 Å². The first-order chi connectivity index (χ1) is 15.2. The molecule has 31 heavy (non-hydrogen) atoms. The van der Waals surface area contributed by atoms with Crippen molar-refractivity contribution in [3.05, 3.63) is 29.8 Å². The van der Waals surface area contributed by atoms with E-state index in [1.54, 1.807) is 7.11 Å². The molecular weight excluding hydrogens is 388 g/mol. The van der Waals surface area contributed by atoms with Gasteiger partial charge in [-0.2, -0.15) is 0 Å². The van der Waals surface area contributed by atoms with Crippen LogP contribution in [0.2, 0.25) is 0 Å². The molecule has 0 amide bonds. The number of guanidine groups is 1. The molecule has 0 spiro atoms. The second-order valence-electron chi connectivity index (χ2n) is 8.73. The normalized spacial score (nSPS) is 20.4. The highest BCUT2D eigenvalue weighted by molar-refractivity contribution is 5.79. The van der Waals surface area contributed by atoms with Crippen molar-refractivity contribution in [2.75, 3.05) is 80.1 Å². The first-order valence-corrected chi connectivity index (χ1v) is 11.9. The Labute approximate surface area is 188 Å². The Morgan fingerprint density at radius 1 is 1.03 bits per heavy atom. The summed E-state index contributed by atoms with van der Waals surface area (Å²) in [7, 11) is 5.84. The van der Waals surface area contributed by atoms with Gasteiger partial charge in [0.1, 0.15) is 5.75 Å². The van der Waals surface area contributed by atoms with Crippen LogP contribution >= 0.6 is 0 Å². The third-order valence-corrected chi connectivity index (χ3v) is 6.52. The number of likely N-dealkylation sites (tertiary alicyclic amines) is 1. The zero-order valence-corrected chi connectivity index (χ0v) is 19.8. The molecule has 174 valence electrons. The van der Waals surface area contributed by atoms with Gasteiger partial charge in [0, 0.05) is 38.8 Å². The van der Waals surface area contributed by atoms with Gasteiger partial charge in [0.05, 0.1) is 13.2 Å². The summed E-state index contributed by atoms with van der Waals surface area (Å²) in [4.78, 5) is 12.0. The molecule has 2 fully saturated rings. The summed E-state index contributed by atoms with van der Waals surface area (Å²) in [6.07, 6.45) is 4.94. The summed E-state index contributed by atoms with van der Waals surface area (Å²) in [5, 5.41) is 7.08. The fourth-order valence-electron chi connectivity index (χ4n) is 4.68. The van der Waals surface area contributed by atoms with Crippen molar-refractivity contribution in [1.82, 2.24) is 25.3 Å². The minimum Gasteiger partial charge on any atom is -0.496 e. The van der Waals surface area contributed by atoms with Crippen LogP contribution in [0.4, 0.5) is 0 Å². The van der Waals surface area contributed by atoms with Crippen molar-refractivity contribution in [2.24, 2.45) is 4.99 Å². The molecule has 2 heterocycles. The maximum atomic E-state index is 5.66. The number of hydrogen-bond acceptors (Lipinski definition) is 5. The summed E-state index contributed by atoms with van der Waals surface area (Å²) in [5.74, 6) is 1.85. The molecule has 1 aromatic rings. The predicted octanol–water partition coefficient (Wildman–Crippen LogP) is 2.02. The summed E-state index contributed by atoms with van der Waals surface area (Å²) >= 11 is 0. The van der Waals surface area contributed by atoms with Crippen LogP contribution in [0.5, 0.6) is 5.75 Å². The monoisotopic (exact) mass is 430 g/mol. The Bertz CT molecular complexity index is 676. The molecule has 2 saturated heterocycles. The van der Waals surface area contributed by atoms with Crippen LogP contribution in [0.15, 0.2) is 29.3 Å². The van der Waals surface area contributed by atoms with E-state index >= 15 is 0 Å². The SMILES string of the molecule is CN=C(NCCCN1CCCN(C)CC1)NCC(c1ccccc1OC)N1CCCC1. The van der Waals surface area contributed by atoms with Crippen LogP contribution in [0.3, 0.4) is 0 Å². The van der Waals surface area contributed by atoms with Gasteiger partial charge in [-0.05, 0) is 71.5 Å². The van der Waals surface area contributed by atoms with Crippen molar-refractivity contribution < 1.29 is 4.74 Å². The second kappa shape index (κ2) is 12.9. The Morgan fingerprint density at radius 2 is 1.84 bits per heavy atom. The molecule has 0 aromatic heterocycles. The molecule has 0 aliphatic carbocycles. The van der Waals surface area contributed by atoms with E-state index in [1.165, 1.54) is 51.0 Å². The van der Waals surface area contributed by atoms with E-state index in [0.717, 1.165) is 50.9 Å². The fourth-order valence-corrected chi connectivity index (χ4v) is 4.68. The molecule has 0 bridgehead atoms. The minimum absolute atomic E-state index is 0.284. The van der Waals surface area contributed by atoms with Crippen molar-refractivity contribution in [3.8, 4) is 5.75 Å². The Balaban J connectivity index is 1.48. The van der Waals surface area contributed by atoms with Gasteiger partial charge >= 0.3 is 0 Å². The van der Waals surface area contributed by atoms with Crippen LogP contribution in [-0.2, 0) is 0 Å². The first kappa shape index (κ1) is 23.8. The largest absolute Gasteiger partial charge is 0.496 e. The zero-order chi connectivity index (χ0) is 21.9. The van der Waals surface area contributed by atoms with Crippen LogP contribution < -0.4 is 15.4 Å². The summed E-state index contributed by atoms with van der Waals surface area (Å²) in [6.45, 7) is 9.98. The maximum Gasteiger partial charge on any atom is 0.191 e. The van der Waals surface area contributed by atoms with Gasteiger partial charge in [-0.1, -0.05) is 18.2 Å². The number of likely N-dealkylation sites (N-methyl/N-ethyl adjacent to an activating group) is 1. The zero-order valence-electron chi connectivity index (χ0n) is 19.8. The molecule has 0 saturated carbocycles. The summed E-state index contributed by atoms with van der Waals surface area (Å²) < 4.78 is 5.66. The fraction of sp³-hybridized carbons (Fsp3) is 0.708. The van der Waals surface area contributed by atoms with Crippen LogP contribution in [0, 0.1) is 0 Å². The highest BCUT2D eigenvalue weighted by atomic mass is 16.5. The highest BCUT2D eigenvalue weighted by Crippen LogP contribution is 2.31. The van der Waals surface area contributed by atoms with Gasteiger partial charge in [-0.3, -0.25) is 9.89 Å². The topological polar surface area (TPSA) is 55.4 Å². The second-order valence-corrected chi connectivity index (χ2v) is 8.73. The lowest BCUT2D eigenvalue weighted by Gasteiger charge is -2.30. The molecule has 7 nitrogen and oxygen atoms in total. The summed E-state index contributed by atoms with van der Waals surface area (Å²) in [5.41, 5.74) is 1.25. The number of nitrogens with zero attached hydrogens (tertiary/aromatic N) is 4. The van der Waals surface area contributed by atoms with Gasteiger partial charge in [0.2, 0.25) is 0 Å². The highest BCUT2D eigenvalue weighted by Gasteiger charge is 2.26. The number of aliphatic imine (C=N–C) groups is 1. The smallest absolute Gasteiger partial charge is 0.191 e. The molecule has 1 unspecified atom stereocenters. The van der Waals surface area contributed by atoms with Crippen LogP contribution in [0.1, 0.15) is 37.3 Å². The molecular formula is C24H42N6O. The van der Waals surface area contributed by atoms with Gasteiger partial charge in [-0.15, -0.1) is 0 Å². The van der Waals surface area contributed by atoms with E-state index in [9.17, 15) is 0 Å². The average molecular weight is 431 g/mol. The van der Waals surface area contributed by atoms with Gasteiger partial charge in [0.25, 0.3) is 0 Å². The number of benzene rings is 1. The van der Waals surface area contributed by atoms with Crippen LogP contribution in [0.25, 0.3) is 0 Å². The minimum atomic E-state index is 0.284. The number of ether oxygens (including phenoxy) is 1. The van der Waals surface area contributed by atoms with Gasteiger partial charge in [0.15, 0.2) is 5.96 Å². The number of para-hydroxylation sites is 1. The molecule has 1 aromatic carbocycles. The van der Waals surface area contributed by atoms with E-state index in [0.29, 0.717) is 0 Å². The Morgan fingerprint density at radius 3 is 2.61 bits per heavy atom. The third kappa shape index (κ3) is 7.37. The molecule has 7 heteroatoms. The van der Waals surface area contributed by atoms with E-state index in [4.69, 9.17) is 4.74 Å². The lowest BCUT2D eigenvalue weighted by Crippen LogP contribution is -2.43. The Kier molecular flexibility index (Phi) is 9.90. The number of rotatable bonds is 9. The number of hydrogen-bond donors (Lipinski definition) is 2. The van der Waals surface area contributed by atoms with Crippen LogP contribution in [-0.4, -0.2) is 101 Å². The summed E-state index contributed by atoms with van der Waals surface area (Å²) in [6, 6.07) is 8.68. The van der Waals surface area contributed by atoms with Crippen molar-refractivity contribution in [1.29, 1.82) is 0 Å². The van der Waals surface area contributed by atoms with Crippen molar-refractivity contribution >= 4 is 5.96 Å². The lowest BCUT2D eigenvalue weighted by molar-refractivity contribution is 0.239. The first-order valence-electron chi connectivity index (χ1n) is 11.9.